The van der Waals surface area contributed by atoms with Crippen molar-refractivity contribution in [3.05, 3.63) is 30.1 Å². The van der Waals surface area contributed by atoms with Crippen molar-refractivity contribution in [2.45, 2.75) is 18.9 Å². The van der Waals surface area contributed by atoms with E-state index in [4.69, 9.17) is 12.2 Å². The van der Waals surface area contributed by atoms with Crippen molar-refractivity contribution in [1.82, 2.24) is 10.2 Å². The van der Waals surface area contributed by atoms with Gasteiger partial charge in [-0.25, -0.2) is 4.39 Å². The van der Waals surface area contributed by atoms with Crippen molar-refractivity contribution in [1.29, 1.82) is 0 Å². The van der Waals surface area contributed by atoms with Gasteiger partial charge in [-0.1, -0.05) is 0 Å². The van der Waals surface area contributed by atoms with Crippen LogP contribution in [0.15, 0.2) is 24.3 Å². The van der Waals surface area contributed by atoms with Crippen LogP contribution in [0.2, 0.25) is 0 Å². The van der Waals surface area contributed by atoms with E-state index in [9.17, 15) is 4.39 Å². The van der Waals surface area contributed by atoms with Crippen LogP contribution < -0.4 is 10.6 Å². The number of nitrogens with one attached hydrogen (secondary N) is 2. The number of benzene rings is 1. The summed E-state index contributed by atoms with van der Waals surface area (Å²) in [6.07, 6.45) is 2.52. The monoisotopic (exact) mass is 279 g/mol. The number of nitrogens with zero attached hydrogens (tertiary/aromatic N) is 1. The summed E-state index contributed by atoms with van der Waals surface area (Å²) < 4.78 is 12.8. The van der Waals surface area contributed by atoms with Gasteiger partial charge in [0.2, 0.25) is 0 Å². The van der Waals surface area contributed by atoms with E-state index >= 15 is 0 Å². The fraction of sp³-hybridized carbons (Fsp3) is 0.500. The van der Waals surface area contributed by atoms with Crippen molar-refractivity contribution < 1.29 is 4.39 Å². The van der Waals surface area contributed by atoms with Crippen LogP contribution in [-0.4, -0.2) is 35.7 Å². The summed E-state index contributed by atoms with van der Waals surface area (Å²) in [5.74, 6) is 0.500. The number of piperidine rings is 3. The number of halogens is 1. The highest BCUT2D eigenvalue weighted by Crippen LogP contribution is 2.27. The summed E-state index contributed by atoms with van der Waals surface area (Å²) in [7, 11) is 0. The second kappa shape index (κ2) is 5.43. The summed E-state index contributed by atoms with van der Waals surface area (Å²) in [5, 5.41) is 7.14. The molecule has 19 heavy (non-hydrogen) atoms. The second-order valence-electron chi connectivity index (χ2n) is 5.35. The molecule has 3 nitrogen and oxygen atoms in total. The number of hydrogen-bond acceptors (Lipinski definition) is 2. The lowest BCUT2D eigenvalue weighted by molar-refractivity contribution is 0.0815. The first-order valence-electron chi connectivity index (χ1n) is 6.76. The molecule has 0 unspecified atom stereocenters. The third-order valence-corrected chi connectivity index (χ3v) is 4.29. The van der Waals surface area contributed by atoms with E-state index in [2.05, 4.69) is 15.5 Å². The quantitative estimate of drug-likeness (QED) is 0.812. The van der Waals surface area contributed by atoms with Crippen molar-refractivity contribution in [2.24, 2.45) is 5.92 Å². The molecule has 0 radical (unpaired) electrons. The van der Waals surface area contributed by atoms with E-state index in [-0.39, 0.29) is 5.82 Å². The molecule has 0 saturated carbocycles. The van der Waals surface area contributed by atoms with Gasteiger partial charge in [-0.3, -0.25) is 0 Å². The van der Waals surface area contributed by atoms with Gasteiger partial charge < -0.3 is 15.5 Å². The Kier molecular flexibility index (Phi) is 3.66. The van der Waals surface area contributed by atoms with Gasteiger partial charge in [-0.05, 0) is 68.3 Å². The maximum absolute atomic E-state index is 12.8. The molecule has 0 aliphatic carbocycles. The van der Waals surface area contributed by atoms with Crippen molar-refractivity contribution in [3.63, 3.8) is 0 Å². The molecule has 3 aliphatic heterocycles. The fourth-order valence-corrected chi connectivity index (χ4v) is 3.27. The zero-order chi connectivity index (χ0) is 13.2. The summed E-state index contributed by atoms with van der Waals surface area (Å²) in [4.78, 5) is 2.48. The standard InChI is InChI=1S/C14H18FN3S/c15-11-1-3-12(4-2-11)16-14(19)17-13-9-18-7-5-10(13)6-8-18/h1-4,10,13H,5-9H2,(H2,16,17,19)/t13-/m1/s1. The summed E-state index contributed by atoms with van der Waals surface area (Å²) in [6.45, 7) is 3.53. The van der Waals surface area contributed by atoms with E-state index < -0.39 is 0 Å². The molecule has 5 heteroatoms. The van der Waals surface area contributed by atoms with Crippen LogP contribution in [0.5, 0.6) is 0 Å². The predicted molar refractivity (Wildman–Crippen MR) is 78.7 cm³/mol. The first-order chi connectivity index (χ1) is 9.20. The van der Waals surface area contributed by atoms with Crippen LogP contribution in [-0.2, 0) is 0 Å². The molecule has 4 rings (SSSR count). The van der Waals surface area contributed by atoms with E-state index in [1.165, 1.54) is 38.1 Å². The topological polar surface area (TPSA) is 27.3 Å². The molecule has 102 valence electrons. The van der Waals surface area contributed by atoms with Crippen LogP contribution in [0.4, 0.5) is 10.1 Å². The van der Waals surface area contributed by atoms with Crippen LogP contribution in [0.25, 0.3) is 0 Å². The Morgan fingerprint density at radius 1 is 1.21 bits per heavy atom. The van der Waals surface area contributed by atoms with Crippen molar-refractivity contribution >= 4 is 23.0 Å². The number of fused-ring (bicyclic) bond motifs is 3. The minimum Gasteiger partial charge on any atom is -0.358 e. The van der Waals surface area contributed by atoms with E-state index in [0.717, 1.165) is 18.2 Å². The maximum Gasteiger partial charge on any atom is 0.171 e. The molecule has 2 bridgehead atoms. The van der Waals surface area contributed by atoms with Gasteiger partial charge in [-0.15, -0.1) is 0 Å². The molecule has 3 heterocycles. The molecule has 3 aliphatic rings. The molecular weight excluding hydrogens is 261 g/mol. The Labute approximate surface area is 118 Å². The van der Waals surface area contributed by atoms with Crippen molar-refractivity contribution in [2.75, 3.05) is 25.0 Å². The van der Waals surface area contributed by atoms with Gasteiger partial charge in [0.25, 0.3) is 0 Å². The highest BCUT2D eigenvalue weighted by atomic mass is 32.1. The summed E-state index contributed by atoms with van der Waals surface area (Å²) in [5.41, 5.74) is 0.820. The van der Waals surface area contributed by atoms with Gasteiger partial charge in [0.15, 0.2) is 5.11 Å². The number of thiocarbonyl (C=S) groups is 1. The molecule has 1 aromatic rings. The number of rotatable bonds is 2. The molecule has 3 fully saturated rings. The Morgan fingerprint density at radius 3 is 2.47 bits per heavy atom. The maximum atomic E-state index is 12.8. The van der Waals surface area contributed by atoms with Gasteiger partial charge in [0.05, 0.1) is 0 Å². The second-order valence-corrected chi connectivity index (χ2v) is 5.76. The van der Waals surface area contributed by atoms with Crippen LogP contribution >= 0.6 is 12.2 Å². The molecule has 3 saturated heterocycles. The zero-order valence-corrected chi connectivity index (χ0v) is 11.5. The van der Waals surface area contributed by atoms with E-state index in [0.29, 0.717) is 11.2 Å². The first kappa shape index (κ1) is 12.8. The SMILES string of the molecule is Fc1ccc(NC(=S)N[C@@H]2CN3CCC2CC3)cc1. The molecule has 0 spiro atoms. The molecule has 0 amide bonds. The van der Waals surface area contributed by atoms with E-state index in [1.807, 2.05) is 0 Å². The van der Waals surface area contributed by atoms with Crippen molar-refractivity contribution in [3.8, 4) is 0 Å². The molecule has 1 atom stereocenters. The van der Waals surface area contributed by atoms with Crippen LogP contribution in [0, 0.1) is 11.7 Å². The molecule has 1 aromatic carbocycles. The highest BCUT2D eigenvalue weighted by molar-refractivity contribution is 7.80. The Bertz CT molecular complexity index is 454. The minimum absolute atomic E-state index is 0.234. The van der Waals surface area contributed by atoms with Gasteiger partial charge in [-0.2, -0.15) is 0 Å². The molecular formula is C14H18FN3S. The van der Waals surface area contributed by atoms with Gasteiger partial charge in [0, 0.05) is 18.3 Å². The van der Waals surface area contributed by atoms with Gasteiger partial charge >= 0.3 is 0 Å². The largest absolute Gasteiger partial charge is 0.358 e. The fourth-order valence-electron chi connectivity index (χ4n) is 3.00. The van der Waals surface area contributed by atoms with Crippen LogP contribution in [0.3, 0.4) is 0 Å². The lowest BCUT2D eigenvalue weighted by Crippen LogP contribution is -2.57. The third-order valence-electron chi connectivity index (χ3n) is 4.07. The Balaban J connectivity index is 1.55. The Hall–Kier alpha value is -1.20. The van der Waals surface area contributed by atoms with Crippen LogP contribution in [0.1, 0.15) is 12.8 Å². The molecule has 2 N–H and O–H groups in total. The average molecular weight is 279 g/mol. The minimum atomic E-state index is -0.234. The average Bonchev–Trinajstić information content (AvgIpc) is 2.43. The normalized spacial score (nSPS) is 29.0. The third kappa shape index (κ3) is 3.04. The smallest absolute Gasteiger partial charge is 0.171 e. The van der Waals surface area contributed by atoms with E-state index in [1.54, 1.807) is 12.1 Å². The highest BCUT2D eigenvalue weighted by Gasteiger charge is 2.34. The predicted octanol–water partition coefficient (Wildman–Crippen LogP) is 2.21. The first-order valence-corrected chi connectivity index (χ1v) is 7.17. The molecule has 0 aromatic heterocycles. The Morgan fingerprint density at radius 2 is 1.89 bits per heavy atom. The number of anilines is 1. The summed E-state index contributed by atoms with van der Waals surface area (Å²) >= 11 is 5.33. The number of hydrogen-bond donors (Lipinski definition) is 2. The van der Waals surface area contributed by atoms with Gasteiger partial charge in [0.1, 0.15) is 5.82 Å². The lowest BCUT2D eigenvalue weighted by atomic mass is 9.84. The zero-order valence-electron chi connectivity index (χ0n) is 10.7. The summed E-state index contributed by atoms with van der Waals surface area (Å²) in [6, 6.07) is 6.70. The lowest BCUT2D eigenvalue weighted by Gasteiger charge is -2.45.